The van der Waals surface area contributed by atoms with Crippen LogP contribution in [0.5, 0.6) is 0 Å². The highest BCUT2D eigenvalue weighted by atomic mass is 19.4. The summed E-state index contributed by atoms with van der Waals surface area (Å²) in [6.07, 6.45) is -1.06. The van der Waals surface area contributed by atoms with Crippen LogP contribution in [0.15, 0.2) is 61.1 Å². The molecule has 0 aliphatic carbocycles. The number of nitrogens with zero attached hydrogens (tertiary/aromatic N) is 4. The second-order valence-corrected chi connectivity index (χ2v) is 7.48. The number of para-hydroxylation sites is 1. The topological polar surface area (TPSA) is 51.0 Å². The average molecular weight is 410 g/mol. The predicted octanol–water partition coefficient (Wildman–Crippen LogP) is 4.23. The molecule has 0 atom stereocenters. The number of pyridine rings is 1. The number of carbonyl (C=O) groups excluding carboxylic acids is 1. The first-order valence-electron chi connectivity index (χ1n) is 9.54. The van der Waals surface area contributed by atoms with Crippen LogP contribution in [0.1, 0.15) is 17.2 Å². The number of imidazole rings is 1. The van der Waals surface area contributed by atoms with Crippen molar-refractivity contribution in [2.75, 3.05) is 13.1 Å². The van der Waals surface area contributed by atoms with Gasteiger partial charge < -0.3 is 9.47 Å². The zero-order chi connectivity index (χ0) is 20.9. The molecule has 3 heterocycles. The van der Waals surface area contributed by atoms with Gasteiger partial charge in [0.15, 0.2) is 0 Å². The van der Waals surface area contributed by atoms with Crippen LogP contribution in [0.4, 0.5) is 13.2 Å². The van der Waals surface area contributed by atoms with Crippen LogP contribution in [0.2, 0.25) is 0 Å². The van der Waals surface area contributed by atoms with E-state index in [0.717, 1.165) is 22.5 Å². The number of alkyl halides is 3. The molecule has 5 nitrogen and oxygen atoms in total. The third kappa shape index (κ3) is 3.18. The van der Waals surface area contributed by atoms with E-state index in [4.69, 9.17) is 0 Å². The molecule has 0 unspecified atom stereocenters. The van der Waals surface area contributed by atoms with E-state index in [1.165, 1.54) is 12.4 Å². The number of rotatable bonds is 3. The van der Waals surface area contributed by atoms with Gasteiger partial charge in [0.2, 0.25) is 5.91 Å². The standard InChI is InChI=1S/C22H17F3N4O/c23-22(24,25)17-4-1-5-19-21(17)29(13-27-19)16-11-28(12-16)20(30)10-14-6-7-18-15(9-14)3-2-8-26-18/h1-9,13,16H,10-12H2. The van der Waals surface area contributed by atoms with E-state index < -0.39 is 11.7 Å². The van der Waals surface area contributed by atoms with Gasteiger partial charge in [0.1, 0.15) is 0 Å². The molecule has 0 N–H and O–H groups in total. The van der Waals surface area contributed by atoms with Crippen LogP contribution in [0.25, 0.3) is 21.9 Å². The maximum Gasteiger partial charge on any atom is 0.418 e. The highest BCUT2D eigenvalue weighted by Crippen LogP contribution is 2.36. The molecule has 1 aliphatic heterocycles. The predicted molar refractivity (Wildman–Crippen MR) is 106 cm³/mol. The lowest BCUT2D eigenvalue weighted by Crippen LogP contribution is -2.51. The average Bonchev–Trinajstić information content (AvgIpc) is 3.10. The summed E-state index contributed by atoms with van der Waals surface area (Å²) in [6.45, 7) is 0.733. The molecule has 0 saturated carbocycles. The highest BCUT2D eigenvalue weighted by Gasteiger charge is 2.37. The molecule has 0 spiro atoms. The van der Waals surface area contributed by atoms with Gasteiger partial charge >= 0.3 is 6.18 Å². The SMILES string of the molecule is O=C(Cc1ccc2ncccc2c1)N1CC(n2cnc3cccc(C(F)(F)F)c32)C1. The Bertz CT molecular complexity index is 1260. The minimum atomic E-state index is -4.46. The van der Waals surface area contributed by atoms with Crippen molar-refractivity contribution in [3.63, 3.8) is 0 Å². The first-order chi connectivity index (χ1) is 14.4. The molecule has 152 valence electrons. The fourth-order valence-electron chi connectivity index (χ4n) is 3.95. The lowest BCUT2D eigenvalue weighted by molar-refractivity contribution is -0.138. The second kappa shape index (κ2) is 6.83. The van der Waals surface area contributed by atoms with Crippen molar-refractivity contribution in [1.82, 2.24) is 19.4 Å². The molecule has 5 rings (SSSR count). The Hall–Kier alpha value is -3.42. The molecule has 0 radical (unpaired) electrons. The van der Waals surface area contributed by atoms with Gasteiger partial charge in [0.05, 0.1) is 40.9 Å². The number of hydrogen-bond acceptors (Lipinski definition) is 3. The van der Waals surface area contributed by atoms with E-state index >= 15 is 0 Å². The number of hydrogen-bond donors (Lipinski definition) is 0. The Balaban J connectivity index is 1.32. The molecule has 1 saturated heterocycles. The van der Waals surface area contributed by atoms with E-state index in [2.05, 4.69) is 9.97 Å². The van der Waals surface area contributed by atoms with Crippen molar-refractivity contribution in [1.29, 1.82) is 0 Å². The Morgan fingerprint density at radius 2 is 1.87 bits per heavy atom. The molecule has 4 aromatic rings. The van der Waals surface area contributed by atoms with Crippen LogP contribution in [0.3, 0.4) is 0 Å². The molecular formula is C22H17F3N4O. The summed E-state index contributed by atoms with van der Waals surface area (Å²) in [4.78, 5) is 22.7. The van der Waals surface area contributed by atoms with Gasteiger partial charge in [0, 0.05) is 24.7 Å². The Labute approximate surface area is 169 Å². The monoisotopic (exact) mass is 410 g/mol. The van der Waals surface area contributed by atoms with Gasteiger partial charge in [-0.2, -0.15) is 13.2 Å². The minimum absolute atomic E-state index is 0.0463. The van der Waals surface area contributed by atoms with E-state index in [9.17, 15) is 18.0 Å². The number of halogens is 3. The molecule has 2 aromatic carbocycles. The molecule has 1 amide bonds. The zero-order valence-electron chi connectivity index (χ0n) is 15.8. The van der Waals surface area contributed by atoms with Crippen LogP contribution in [-0.2, 0) is 17.4 Å². The zero-order valence-corrected chi connectivity index (χ0v) is 15.8. The summed E-state index contributed by atoms with van der Waals surface area (Å²) in [5.41, 5.74) is 1.43. The molecule has 30 heavy (non-hydrogen) atoms. The van der Waals surface area contributed by atoms with Gasteiger partial charge in [-0.3, -0.25) is 9.78 Å². The van der Waals surface area contributed by atoms with Crippen LogP contribution >= 0.6 is 0 Å². The smallest absolute Gasteiger partial charge is 0.338 e. The fraction of sp³-hybridized carbons (Fsp3) is 0.227. The molecule has 8 heteroatoms. The number of fused-ring (bicyclic) bond motifs is 2. The van der Waals surface area contributed by atoms with Crippen molar-refractivity contribution < 1.29 is 18.0 Å². The van der Waals surface area contributed by atoms with E-state index in [1.807, 2.05) is 30.3 Å². The third-order valence-corrected chi connectivity index (χ3v) is 5.53. The molecular weight excluding hydrogens is 393 g/mol. The van der Waals surface area contributed by atoms with E-state index in [0.29, 0.717) is 18.6 Å². The summed E-state index contributed by atoms with van der Waals surface area (Å²) in [6, 6.07) is 13.3. The van der Waals surface area contributed by atoms with Crippen LogP contribution in [-0.4, -0.2) is 38.4 Å². The first-order valence-corrected chi connectivity index (χ1v) is 9.54. The van der Waals surface area contributed by atoms with Gasteiger partial charge in [0.25, 0.3) is 0 Å². The quantitative estimate of drug-likeness (QED) is 0.508. The van der Waals surface area contributed by atoms with Crippen molar-refractivity contribution in [3.8, 4) is 0 Å². The minimum Gasteiger partial charge on any atom is -0.338 e. The van der Waals surface area contributed by atoms with E-state index in [1.54, 1.807) is 21.7 Å². The Morgan fingerprint density at radius 3 is 2.67 bits per heavy atom. The maximum atomic E-state index is 13.4. The van der Waals surface area contributed by atoms with Crippen molar-refractivity contribution >= 4 is 27.8 Å². The second-order valence-electron chi connectivity index (χ2n) is 7.48. The highest BCUT2D eigenvalue weighted by molar-refractivity contribution is 5.84. The number of likely N-dealkylation sites (tertiary alicyclic amines) is 1. The summed E-state index contributed by atoms with van der Waals surface area (Å²) < 4.78 is 41.8. The van der Waals surface area contributed by atoms with Crippen LogP contribution < -0.4 is 0 Å². The van der Waals surface area contributed by atoms with Gasteiger partial charge in [-0.1, -0.05) is 18.2 Å². The van der Waals surface area contributed by atoms with Crippen molar-refractivity contribution in [2.24, 2.45) is 0 Å². The Kier molecular flexibility index (Phi) is 4.23. The van der Waals surface area contributed by atoms with E-state index in [-0.39, 0.29) is 23.9 Å². The van der Waals surface area contributed by atoms with Crippen molar-refractivity contribution in [3.05, 3.63) is 72.2 Å². The fourth-order valence-corrected chi connectivity index (χ4v) is 3.95. The number of carbonyl (C=O) groups is 1. The summed E-state index contributed by atoms with van der Waals surface area (Å²) in [5, 5.41) is 0.967. The van der Waals surface area contributed by atoms with Gasteiger partial charge in [-0.05, 0) is 35.9 Å². The third-order valence-electron chi connectivity index (χ3n) is 5.53. The van der Waals surface area contributed by atoms with Gasteiger partial charge in [-0.15, -0.1) is 0 Å². The number of aromatic nitrogens is 3. The van der Waals surface area contributed by atoms with Crippen molar-refractivity contribution in [2.45, 2.75) is 18.6 Å². The largest absolute Gasteiger partial charge is 0.418 e. The normalized spacial score (nSPS) is 15.0. The molecule has 1 aliphatic rings. The maximum absolute atomic E-state index is 13.4. The number of benzene rings is 2. The molecule has 1 fully saturated rings. The van der Waals surface area contributed by atoms with Crippen LogP contribution in [0, 0.1) is 0 Å². The number of amides is 1. The summed E-state index contributed by atoms with van der Waals surface area (Å²) in [5.74, 6) is -0.0463. The summed E-state index contributed by atoms with van der Waals surface area (Å²) in [7, 11) is 0. The summed E-state index contributed by atoms with van der Waals surface area (Å²) >= 11 is 0. The Morgan fingerprint density at radius 1 is 1.03 bits per heavy atom. The first kappa shape index (κ1) is 18.6. The molecule has 0 bridgehead atoms. The molecule has 2 aromatic heterocycles. The van der Waals surface area contributed by atoms with Gasteiger partial charge in [-0.25, -0.2) is 4.98 Å². The lowest BCUT2D eigenvalue weighted by Gasteiger charge is -2.40. The lowest BCUT2D eigenvalue weighted by atomic mass is 10.0.